The first kappa shape index (κ1) is 26.5. The molecule has 0 aliphatic rings. The summed E-state index contributed by atoms with van der Waals surface area (Å²) in [5.74, 6) is -1.03. The summed E-state index contributed by atoms with van der Waals surface area (Å²) in [5, 5.41) is 0. The van der Waals surface area contributed by atoms with Crippen molar-refractivity contribution in [1.82, 2.24) is 0 Å². The first-order valence-electron chi connectivity index (χ1n) is 11.0. The van der Waals surface area contributed by atoms with E-state index in [0.29, 0.717) is 5.56 Å². The summed E-state index contributed by atoms with van der Waals surface area (Å²) in [4.78, 5) is 12.5. The number of unbranched alkanes of at least 4 members (excludes halogenated alkanes) is 6. The molecule has 0 aliphatic carbocycles. The molecule has 0 fully saturated rings. The predicted molar refractivity (Wildman–Crippen MR) is 115 cm³/mol. The molecule has 0 radical (unpaired) electrons. The van der Waals surface area contributed by atoms with Gasteiger partial charge in [0.15, 0.2) is 0 Å². The molecule has 172 valence electrons. The monoisotopic (exact) mass is 429 g/mol. The lowest BCUT2D eigenvalue weighted by Gasteiger charge is -2.32. The van der Waals surface area contributed by atoms with Crippen LogP contribution in [0.15, 0.2) is 24.3 Å². The fourth-order valence-electron chi connectivity index (χ4n) is 3.42. The Bertz CT molecular complexity index is 635. The van der Waals surface area contributed by atoms with Gasteiger partial charge in [0, 0.05) is 6.42 Å². The third kappa shape index (κ3) is 11.0. The summed E-state index contributed by atoms with van der Waals surface area (Å²) in [6.07, 6.45) is 3.35. The molecule has 1 atom stereocenters. The number of nitrogens with two attached hydrogens (primary N) is 1. The van der Waals surface area contributed by atoms with Gasteiger partial charge in [-0.05, 0) is 44.7 Å². The third-order valence-electron chi connectivity index (χ3n) is 4.93. The number of aryl methyl sites for hydroxylation is 1. The van der Waals surface area contributed by atoms with Crippen LogP contribution >= 0.6 is 0 Å². The minimum Gasteiger partial charge on any atom is -0.459 e. The Balaban J connectivity index is 2.68. The SMILES string of the molecule is CCCCCCCCCc1ccc(C[C@@](N)(CC(F)(F)F)C(=O)OC(C)(C)C)cc1. The number of rotatable bonds is 12. The molecule has 30 heavy (non-hydrogen) atoms. The van der Waals surface area contributed by atoms with Crippen molar-refractivity contribution >= 4 is 5.97 Å². The largest absolute Gasteiger partial charge is 0.459 e. The van der Waals surface area contributed by atoms with Gasteiger partial charge in [-0.2, -0.15) is 13.2 Å². The van der Waals surface area contributed by atoms with Gasteiger partial charge in [-0.15, -0.1) is 0 Å². The Morgan fingerprint density at radius 3 is 1.90 bits per heavy atom. The number of esters is 1. The molecule has 3 nitrogen and oxygen atoms in total. The maximum atomic E-state index is 13.1. The second kappa shape index (κ2) is 11.7. The molecule has 1 aromatic carbocycles. The van der Waals surface area contributed by atoms with Crippen molar-refractivity contribution in [3.05, 3.63) is 35.4 Å². The summed E-state index contributed by atoms with van der Waals surface area (Å²) in [7, 11) is 0. The van der Waals surface area contributed by atoms with Crippen LogP contribution in [0, 0.1) is 0 Å². The molecule has 0 aromatic heterocycles. The highest BCUT2D eigenvalue weighted by atomic mass is 19.4. The Labute approximate surface area is 179 Å². The maximum absolute atomic E-state index is 13.1. The molecule has 0 saturated heterocycles. The molecule has 0 aliphatic heterocycles. The maximum Gasteiger partial charge on any atom is 0.391 e. The summed E-state index contributed by atoms with van der Waals surface area (Å²) in [5.41, 5.74) is 4.64. The predicted octanol–water partition coefficient (Wildman–Crippen LogP) is 6.51. The molecule has 6 heteroatoms. The highest BCUT2D eigenvalue weighted by molar-refractivity contribution is 5.81. The number of hydrogen-bond acceptors (Lipinski definition) is 3. The second-order valence-corrected chi connectivity index (χ2v) is 9.31. The Kier molecular flexibility index (Phi) is 10.4. The van der Waals surface area contributed by atoms with Crippen LogP contribution in [0.3, 0.4) is 0 Å². The van der Waals surface area contributed by atoms with E-state index in [4.69, 9.17) is 10.5 Å². The summed E-state index contributed by atoms with van der Waals surface area (Å²) >= 11 is 0. The van der Waals surface area contributed by atoms with Gasteiger partial charge in [0.25, 0.3) is 0 Å². The van der Waals surface area contributed by atoms with Crippen LogP contribution < -0.4 is 5.73 Å². The second-order valence-electron chi connectivity index (χ2n) is 9.31. The molecule has 0 amide bonds. The number of alkyl halides is 3. The van der Waals surface area contributed by atoms with Crippen molar-refractivity contribution < 1.29 is 22.7 Å². The van der Waals surface area contributed by atoms with Gasteiger partial charge in [-0.1, -0.05) is 69.7 Å². The Morgan fingerprint density at radius 2 is 1.40 bits per heavy atom. The van der Waals surface area contributed by atoms with E-state index in [1.54, 1.807) is 32.9 Å². The van der Waals surface area contributed by atoms with Crippen LogP contribution in [0.2, 0.25) is 0 Å². The van der Waals surface area contributed by atoms with Crippen LogP contribution in [-0.2, 0) is 22.4 Å². The lowest BCUT2D eigenvalue weighted by atomic mass is 9.87. The minimum absolute atomic E-state index is 0.223. The van der Waals surface area contributed by atoms with Crippen LogP contribution in [0.5, 0.6) is 0 Å². The summed E-state index contributed by atoms with van der Waals surface area (Å²) in [6, 6.07) is 7.35. The van der Waals surface area contributed by atoms with E-state index in [1.807, 2.05) is 12.1 Å². The Hall–Kier alpha value is -1.56. The highest BCUT2D eigenvalue weighted by Crippen LogP contribution is 2.31. The van der Waals surface area contributed by atoms with Gasteiger partial charge in [-0.25, -0.2) is 0 Å². The van der Waals surface area contributed by atoms with Crippen molar-refractivity contribution in [1.29, 1.82) is 0 Å². The number of carbonyl (C=O) groups is 1. The fraction of sp³-hybridized carbons (Fsp3) is 0.708. The topological polar surface area (TPSA) is 52.3 Å². The minimum atomic E-state index is -4.57. The number of benzene rings is 1. The van der Waals surface area contributed by atoms with Gasteiger partial charge >= 0.3 is 12.1 Å². The smallest absolute Gasteiger partial charge is 0.391 e. The van der Waals surface area contributed by atoms with Gasteiger partial charge in [-0.3, -0.25) is 4.79 Å². The molecule has 0 bridgehead atoms. The van der Waals surface area contributed by atoms with Crippen molar-refractivity contribution in [2.75, 3.05) is 0 Å². The molecule has 1 aromatic rings. The van der Waals surface area contributed by atoms with E-state index in [1.165, 1.54) is 38.5 Å². The van der Waals surface area contributed by atoms with Crippen molar-refractivity contribution in [2.24, 2.45) is 5.73 Å². The molecule has 0 heterocycles. The van der Waals surface area contributed by atoms with Crippen LogP contribution in [-0.4, -0.2) is 23.3 Å². The van der Waals surface area contributed by atoms with E-state index in [-0.39, 0.29) is 6.42 Å². The van der Waals surface area contributed by atoms with E-state index >= 15 is 0 Å². The summed E-state index contributed by atoms with van der Waals surface area (Å²) in [6.45, 7) is 7.03. The van der Waals surface area contributed by atoms with Crippen molar-refractivity contribution in [2.45, 2.75) is 109 Å². The van der Waals surface area contributed by atoms with Crippen molar-refractivity contribution in [3.63, 3.8) is 0 Å². The molecular formula is C24H38F3NO2. The zero-order valence-corrected chi connectivity index (χ0v) is 18.9. The third-order valence-corrected chi connectivity index (χ3v) is 4.93. The van der Waals surface area contributed by atoms with E-state index in [2.05, 4.69) is 6.92 Å². The van der Waals surface area contributed by atoms with Crippen LogP contribution in [0.25, 0.3) is 0 Å². The number of carbonyl (C=O) groups excluding carboxylic acids is 1. The zero-order valence-electron chi connectivity index (χ0n) is 18.9. The first-order valence-corrected chi connectivity index (χ1v) is 11.0. The molecule has 0 spiro atoms. The quantitative estimate of drug-likeness (QED) is 0.304. The van der Waals surface area contributed by atoms with E-state index in [9.17, 15) is 18.0 Å². The molecule has 0 unspecified atom stereocenters. The van der Waals surface area contributed by atoms with Crippen LogP contribution in [0.1, 0.15) is 90.2 Å². The van der Waals surface area contributed by atoms with Gasteiger partial charge < -0.3 is 10.5 Å². The average molecular weight is 430 g/mol. The normalized spacial score (nSPS) is 14.4. The molecule has 1 rings (SSSR count). The lowest BCUT2D eigenvalue weighted by molar-refractivity contribution is -0.179. The number of hydrogen-bond donors (Lipinski definition) is 1. The first-order chi connectivity index (χ1) is 13.8. The lowest BCUT2D eigenvalue weighted by Crippen LogP contribution is -2.55. The molecular weight excluding hydrogens is 391 g/mol. The highest BCUT2D eigenvalue weighted by Gasteiger charge is 2.47. The molecule has 0 saturated carbocycles. The fourth-order valence-corrected chi connectivity index (χ4v) is 3.42. The summed E-state index contributed by atoms with van der Waals surface area (Å²) < 4.78 is 44.5. The van der Waals surface area contributed by atoms with Gasteiger partial charge in [0.1, 0.15) is 11.1 Å². The number of halogens is 3. The van der Waals surface area contributed by atoms with Crippen molar-refractivity contribution in [3.8, 4) is 0 Å². The van der Waals surface area contributed by atoms with Crippen LogP contribution in [0.4, 0.5) is 13.2 Å². The molecule has 2 N–H and O–H groups in total. The van der Waals surface area contributed by atoms with E-state index < -0.39 is 29.7 Å². The van der Waals surface area contributed by atoms with Gasteiger partial charge in [0.05, 0.1) is 6.42 Å². The average Bonchev–Trinajstić information content (AvgIpc) is 2.59. The Morgan fingerprint density at radius 1 is 0.900 bits per heavy atom. The zero-order chi connectivity index (χ0) is 22.8. The van der Waals surface area contributed by atoms with E-state index in [0.717, 1.165) is 18.4 Å². The standard InChI is InChI=1S/C24H38F3NO2/c1-5-6-7-8-9-10-11-12-19-13-15-20(16-14-19)17-23(28,18-24(25,26)27)21(29)30-22(2,3)4/h13-16H,5-12,17-18,28H2,1-4H3/t23-/m1/s1. The number of ether oxygens (including phenoxy) is 1. The van der Waals surface area contributed by atoms with Gasteiger partial charge in [0.2, 0.25) is 0 Å².